The Morgan fingerprint density at radius 2 is 1.57 bits per heavy atom. The minimum absolute atomic E-state index is 0.0338. The minimum Gasteiger partial charge on any atom is -0.502 e. The normalized spacial score (nSPS) is 9.93. The van der Waals surface area contributed by atoms with E-state index >= 15 is 0 Å². The van der Waals surface area contributed by atoms with Gasteiger partial charge in [-0.3, -0.25) is 0 Å². The first-order valence-corrected chi connectivity index (χ1v) is 4.95. The van der Waals surface area contributed by atoms with Gasteiger partial charge in [0.05, 0.1) is 13.2 Å². The summed E-state index contributed by atoms with van der Waals surface area (Å²) in [6, 6.07) is 3.31. The van der Waals surface area contributed by atoms with Crippen LogP contribution in [0.2, 0.25) is 0 Å². The van der Waals surface area contributed by atoms with E-state index in [1.54, 1.807) is 12.1 Å². The lowest BCUT2D eigenvalue weighted by atomic mass is 10.3. The summed E-state index contributed by atoms with van der Waals surface area (Å²) in [5, 5.41) is 9.69. The van der Waals surface area contributed by atoms with Crippen molar-refractivity contribution >= 4 is 12.6 Å². The molecule has 14 heavy (non-hydrogen) atoms. The fraction of sp³-hybridized carbons (Fsp3) is 0.400. The summed E-state index contributed by atoms with van der Waals surface area (Å²) in [6.07, 6.45) is 0. The van der Waals surface area contributed by atoms with Gasteiger partial charge in [-0.05, 0) is 26.0 Å². The fourth-order valence-corrected chi connectivity index (χ4v) is 1.33. The maximum atomic E-state index is 9.69. The molecule has 0 atom stereocenters. The van der Waals surface area contributed by atoms with Gasteiger partial charge in [0.25, 0.3) is 0 Å². The summed E-state index contributed by atoms with van der Waals surface area (Å²) in [7, 11) is 0. The number of ether oxygens (including phenoxy) is 2. The molecule has 0 unspecified atom stereocenters. The largest absolute Gasteiger partial charge is 0.502 e. The van der Waals surface area contributed by atoms with E-state index in [1.807, 2.05) is 13.8 Å². The van der Waals surface area contributed by atoms with Crippen LogP contribution in [0.5, 0.6) is 17.2 Å². The number of aromatic hydroxyl groups is 1. The molecule has 1 aromatic rings. The highest BCUT2D eigenvalue weighted by Crippen LogP contribution is 2.38. The van der Waals surface area contributed by atoms with Crippen LogP contribution < -0.4 is 9.47 Å². The molecule has 3 nitrogen and oxygen atoms in total. The van der Waals surface area contributed by atoms with Crippen LogP contribution in [-0.2, 0) is 0 Å². The molecule has 0 aliphatic carbocycles. The van der Waals surface area contributed by atoms with Gasteiger partial charge in [0, 0.05) is 4.90 Å². The molecular weight excluding hydrogens is 200 g/mol. The number of phenolic OH excluding ortho intramolecular Hbond substituents is 1. The van der Waals surface area contributed by atoms with E-state index in [0.29, 0.717) is 29.6 Å². The third-order valence-electron chi connectivity index (χ3n) is 1.62. The molecule has 0 aromatic heterocycles. The molecule has 0 saturated heterocycles. The maximum absolute atomic E-state index is 9.69. The van der Waals surface area contributed by atoms with Crippen LogP contribution in [0.3, 0.4) is 0 Å². The molecule has 0 fully saturated rings. The zero-order valence-corrected chi connectivity index (χ0v) is 9.17. The summed E-state index contributed by atoms with van der Waals surface area (Å²) >= 11 is 4.19. The summed E-state index contributed by atoms with van der Waals surface area (Å²) < 4.78 is 10.5. The van der Waals surface area contributed by atoms with Gasteiger partial charge in [-0.2, -0.15) is 0 Å². The third-order valence-corrected chi connectivity index (χ3v) is 1.88. The van der Waals surface area contributed by atoms with Crippen LogP contribution in [0, 0.1) is 0 Å². The molecule has 0 bridgehead atoms. The Labute approximate surface area is 89.1 Å². The van der Waals surface area contributed by atoms with E-state index in [9.17, 15) is 5.11 Å². The summed E-state index contributed by atoms with van der Waals surface area (Å²) in [5.41, 5.74) is 0. The predicted octanol–water partition coefficient (Wildman–Crippen LogP) is 2.48. The number of benzene rings is 1. The topological polar surface area (TPSA) is 38.7 Å². The molecule has 0 radical (unpaired) electrons. The quantitative estimate of drug-likeness (QED) is 0.756. The van der Waals surface area contributed by atoms with E-state index in [1.165, 1.54) is 0 Å². The van der Waals surface area contributed by atoms with Gasteiger partial charge >= 0.3 is 0 Å². The zero-order valence-electron chi connectivity index (χ0n) is 8.28. The lowest BCUT2D eigenvalue weighted by Gasteiger charge is -2.11. The van der Waals surface area contributed by atoms with E-state index in [-0.39, 0.29) is 5.75 Å². The van der Waals surface area contributed by atoms with Gasteiger partial charge in [-0.25, -0.2) is 0 Å². The second-order valence-corrected chi connectivity index (χ2v) is 3.17. The summed E-state index contributed by atoms with van der Waals surface area (Å²) in [5.74, 6) is 0.846. The first kappa shape index (κ1) is 11.0. The molecule has 0 spiro atoms. The van der Waals surface area contributed by atoms with Crippen molar-refractivity contribution in [3.8, 4) is 17.2 Å². The van der Waals surface area contributed by atoms with Crippen molar-refractivity contribution in [1.29, 1.82) is 0 Å². The van der Waals surface area contributed by atoms with Gasteiger partial charge in [-0.1, -0.05) is 0 Å². The molecule has 1 aromatic carbocycles. The standard InChI is InChI=1S/C10H14O3S/c1-3-12-8-5-7(14)6-9(10(8)11)13-4-2/h5-6,11,14H,3-4H2,1-2H3. The van der Waals surface area contributed by atoms with Gasteiger partial charge in [0.1, 0.15) is 0 Å². The third kappa shape index (κ3) is 2.48. The molecule has 1 rings (SSSR count). The van der Waals surface area contributed by atoms with Crippen LogP contribution in [0.1, 0.15) is 13.8 Å². The Morgan fingerprint density at radius 1 is 1.14 bits per heavy atom. The average Bonchev–Trinajstić information content (AvgIpc) is 2.14. The van der Waals surface area contributed by atoms with Crippen LogP contribution in [0.4, 0.5) is 0 Å². The first-order valence-electron chi connectivity index (χ1n) is 4.50. The van der Waals surface area contributed by atoms with Crippen molar-refractivity contribution in [2.45, 2.75) is 18.7 Å². The number of thiol groups is 1. The molecular formula is C10H14O3S. The van der Waals surface area contributed by atoms with E-state index in [0.717, 1.165) is 0 Å². The molecule has 0 amide bonds. The highest BCUT2D eigenvalue weighted by molar-refractivity contribution is 7.80. The Balaban J connectivity index is 3.04. The van der Waals surface area contributed by atoms with Crippen LogP contribution in [0.15, 0.2) is 17.0 Å². The predicted molar refractivity (Wildman–Crippen MR) is 57.7 cm³/mol. The molecule has 78 valence electrons. The second-order valence-electron chi connectivity index (χ2n) is 2.66. The SMILES string of the molecule is CCOc1cc(S)cc(OCC)c1O. The number of rotatable bonds is 4. The Bertz CT molecular complexity index is 285. The highest BCUT2D eigenvalue weighted by atomic mass is 32.1. The van der Waals surface area contributed by atoms with Crippen molar-refractivity contribution in [3.63, 3.8) is 0 Å². The number of hydrogen-bond acceptors (Lipinski definition) is 4. The molecule has 1 N–H and O–H groups in total. The number of hydrogen-bond donors (Lipinski definition) is 2. The van der Waals surface area contributed by atoms with E-state index < -0.39 is 0 Å². The van der Waals surface area contributed by atoms with Crippen molar-refractivity contribution in [2.75, 3.05) is 13.2 Å². The molecule has 0 heterocycles. The maximum Gasteiger partial charge on any atom is 0.200 e. The average molecular weight is 214 g/mol. The Morgan fingerprint density at radius 3 is 1.93 bits per heavy atom. The van der Waals surface area contributed by atoms with Crippen molar-refractivity contribution in [1.82, 2.24) is 0 Å². The van der Waals surface area contributed by atoms with Crippen molar-refractivity contribution in [2.24, 2.45) is 0 Å². The summed E-state index contributed by atoms with van der Waals surface area (Å²) in [6.45, 7) is 4.70. The smallest absolute Gasteiger partial charge is 0.200 e. The fourth-order valence-electron chi connectivity index (χ4n) is 1.10. The molecule has 0 saturated carbocycles. The van der Waals surface area contributed by atoms with Crippen LogP contribution in [0.25, 0.3) is 0 Å². The molecule has 0 aliphatic rings. The zero-order chi connectivity index (χ0) is 10.6. The van der Waals surface area contributed by atoms with E-state index in [2.05, 4.69) is 12.6 Å². The van der Waals surface area contributed by atoms with Gasteiger partial charge in [0.15, 0.2) is 11.5 Å². The van der Waals surface area contributed by atoms with E-state index in [4.69, 9.17) is 9.47 Å². The van der Waals surface area contributed by atoms with Crippen molar-refractivity contribution < 1.29 is 14.6 Å². The monoisotopic (exact) mass is 214 g/mol. The highest BCUT2D eigenvalue weighted by Gasteiger charge is 2.10. The van der Waals surface area contributed by atoms with Crippen LogP contribution >= 0.6 is 12.6 Å². The minimum atomic E-state index is 0.0338. The Kier molecular flexibility index (Phi) is 3.95. The molecule has 0 aliphatic heterocycles. The van der Waals surface area contributed by atoms with Gasteiger partial charge in [0.2, 0.25) is 5.75 Å². The Hall–Kier alpha value is -1.03. The lowest BCUT2D eigenvalue weighted by molar-refractivity contribution is 0.288. The molecule has 4 heteroatoms. The summed E-state index contributed by atoms with van der Waals surface area (Å²) in [4.78, 5) is 0.703. The second kappa shape index (κ2) is 5.00. The van der Waals surface area contributed by atoms with Gasteiger partial charge < -0.3 is 14.6 Å². The first-order chi connectivity index (χ1) is 6.69. The lowest BCUT2D eigenvalue weighted by Crippen LogP contribution is -1.96. The van der Waals surface area contributed by atoms with Crippen LogP contribution in [-0.4, -0.2) is 18.3 Å². The van der Waals surface area contributed by atoms with Gasteiger partial charge in [-0.15, -0.1) is 12.6 Å². The van der Waals surface area contributed by atoms with Crippen molar-refractivity contribution in [3.05, 3.63) is 12.1 Å². The number of phenols is 1.